The first-order valence-corrected chi connectivity index (χ1v) is 23.4. The number of fused-ring (bicyclic) bond motifs is 1. The number of hydrogen-bond acceptors (Lipinski definition) is 12. The highest BCUT2D eigenvalue weighted by Gasteiger charge is 2.29. The normalized spacial score (nSPS) is 20.9. The van der Waals surface area contributed by atoms with Gasteiger partial charge < -0.3 is 30.1 Å². The first-order valence-electron chi connectivity index (χ1n) is 23.4. The number of Topliss-reactive ketones (excluding diaryl/α,β-unsaturated/α-hetero) is 1. The highest BCUT2D eigenvalue weighted by atomic mass is 19.1. The largest absolute Gasteiger partial charge is 0.474 e. The van der Waals surface area contributed by atoms with Gasteiger partial charge in [0.2, 0.25) is 17.7 Å². The van der Waals surface area contributed by atoms with Gasteiger partial charge in [-0.1, -0.05) is 24.8 Å². The van der Waals surface area contributed by atoms with Gasteiger partial charge >= 0.3 is 0 Å². The summed E-state index contributed by atoms with van der Waals surface area (Å²) >= 11 is 0. The fraction of sp³-hybridized carbons (Fsp3) is 0.471. The highest BCUT2D eigenvalue weighted by molar-refractivity contribution is 6.01. The lowest BCUT2D eigenvalue weighted by molar-refractivity contribution is -0.136. The lowest BCUT2D eigenvalue weighted by Gasteiger charge is -2.40. The molecular weight excluding hydrogens is 822 g/mol. The summed E-state index contributed by atoms with van der Waals surface area (Å²) in [6.45, 7) is 23.6. The summed E-state index contributed by atoms with van der Waals surface area (Å²) in [6.07, 6.45) is 13.3. The van der Waals surface area contributed by atoms with E-state index in [1.807, 2.05) is 19.3 Å². The van der Waals surface area contributed by atoms with Crippen LogP contribution in [0.4, 0.5) is 33.0 Å². The van der Waals surface area contributed by atoms with Crippen molar-refractivity contribution in [3.8, 4) is 5.88 Å². The van der Waals surface area contributed by atoms with E-state index in [-0.39, 0.29) is 29.9 Å². The minimum absolute atomic E-state index is 0.160. The molecule has 4 saturated heterocycles. The van der Waals surface area contributed by atoms with Gasteiger partial charge in [-0.25, -0.2) is 14.4 Å². The van der Waals surface area contributed by atoms with E-state index >= 15 is 4.39 Å². The predicted octanol–water partition coefficient (Wildman–Crippen LogP) is 7.91. The third kappa shape index (κ3) is 10.8. The van der Waals surface area contributed by atoms with Crippen LogP contribution in [0.25, 0.3) is 5.57 Å². The lowest BCUT2D eigenvalue weighted by Crippen LogP contribution is -2.49. The van der Waals surface area contributed by atoms with Gasteiger partial charge in [0.1, 0.15) is 23.9 Å². The van der Waals surface area contributed by atoms with Crippen molar-refractivity contribution in [3.05, 3.63) is 101 Å². The van der Waals surface area contributed by atoms with E-state index in [4.69, 9.17) is 9.72 Å². The number of pyridine rings is 2. The number of carbonyl (C=O) groups is 3. The molecule has 8 rings (SSSR count). The van der Waals surface area contributed by atoms with Crippen LogP contribution in [0.1, 0.15) is 86.7 Å². The van der Waals surface area contributed by atoms with Crippen molar-refractivity contribution in [1.82, 2.24) is 20.2 Å². The van der Waals surface area contributed by atoms with Gasteiger partial charge in [-0.3, -0.25) is 24.6 Å². The molecule has 2 amide bonds. The molecule has 7 heterocycles. The Morgan fingerprint density at radius 3 is 2.46 bits per heavy atom. The minimum atomic E-state index is -0.400. The second-order valence-electron chi connectivity index (χ2n) is 18.2. The summed E-state index contributed by atoms with van der Waals surface area (Å²) < 4.78 is 21.5. The SMILES string of the molecule is C=C(/C=C1/CN(c2cnc3c(c2C)NCCO3)CC/C1=C/C)Nc1ccc(N2CCC(CN3CCN(c4cc(C(=C)C)c(C(=O)CCCC5CCC(=O)NC5=O)cc4F)CC3)CC2)nc1. The number of piperidine rings is 3. The zero-order chi connectivity index (χ0) is 45.6. The van der Waals surface area contributed by atoms with Crippen molar-refractivity contribution in [2.24, 2.45) is 11.8 Å². The average Bonchev–Trinajstić information content (AvgIpc) is 3.30. The lowest BCUT2D eigenvalue weighted by atomic mass is 9.90. The van der Waals surface area contributed by atoms with Crippen molar-refractivity contribution in [3.63, 3.8) is 0 Å². The molecule has 5 aliphatic heterocycles. The standard InChI is InChI=1S/C51H64FN9O4/c1-6-37-16-20-61(45-30-55-51-49(35(45)5)53-17-25-65-51)32-39(37)26-34(4)56-40-11-12-47(54-29-40)60-18-14-36(15-19-60)31-58-21-23-59(24-22-58)44-28-41(33(2)3)42(27-43(44)52)46(62)9-7-8-38-10-13-48(63)57-50(38)64/h6,11-12,26-30,36,38,53,56H,2,4,7-10,13-25,31-32H2,1,3,5H3,(H,57,63,64)/b37-6-,39-26-. The maximum Gasteiger partial charge on any atom is 0.237 e. The summed E-state index contributed by atoms with van der Waals surface area (Å²) in [7, 11) is 0. The molecule has 2 aromatic heterocycles. The number of carbonyl (C=O) groups excluding carboxylic acids is 3. The number of anilines is 5. The smallest absolute Gasteiger partial charge is 0.237 e. The number of halogens is 1. The average molecular weight is 886 g/mol. The topological polar surface area (TPSA) is 135 Å². The number of imide groups is 1. The minimum Gasteiger partial charge on any atom is -0.474 e. The maximum absolute atomic E-state index is 15.7. The molecule has 5 aliphatic rings. The quantitative estimate of drug-likeness (QED) is 0.107. The van der Waals surface area contributed by atoms with E-state index < -0.39 is 5.82 Å². The fourth-order valence-electron chi connectivity index (χ4n) is 10.0. The molecule has 14 heteroatoms. The van der Waals surface area contributed by atoms with Gasteiger partial charge in [-0.15, -0.1) is 0 Å². The van der Waals surface area contributed by atoms with Crippen molar-refractivity contribution in [1.29, 1.82) is 0 Å². The second-order valence-corrected chi connectivity index (χ2v) is 18.2. The van der Waals surface area contributed by atoms with E-state index in [0.29, 0.717) is 79.6 Å². The number of allylic oxidation sites excluding steroid dienone is 3. The Kier molecular flexibility index (Phi) is 14.3. The Hall–Kier alpha value is -6.02. The van der Waals surface area contributed by atoms with E-state index in [1.165, 1.54) is 17.2 Å². The third-order valence-corrected chi connectivity index (χ3v) is 13.8. The molecule has 0 aliphatic carbocycles. The Morgan fingerprint density at radius 1 is 0.938 bits per heavy atom. The molecule has 65 heavy (non-hydrogen) atoms. The van der Waals surface area contributed by atoms with Crippen molar-refractivity contribution in [2.45, 2.75) is 72.1 Å². The molecule has 3 aromatic rings. The Balaban J connectivity index is 0.785. The number of hydrogen-bond donors (Lipinski definition) is 3. The van der Waals surface area contributed by atoms with Gasteiger partial charge in [0.25, 0.3) is 0 Å². The first-order chi connectivity index (χ1) is 31.4. The molecule has 1 atom stereocenters. The van der Waals surface area contributed by atoms with E-state index in [2.05, 4.69) is 91.8 Å². The van der Waals surface area contributed by atoms with Crippen LogP contribution in [0.15, 0.2) is 78.8 Å². The summed E-state index contributed by atoms with van der Waals surface area (Å²) in [5, 5.41) is 9.31. The maximum atomic E-state index is 15.7. The van der Waals surface area contributed by atoms with Crippen LogP contribution >= 0.6 is 0 Å². The molecule has 0 saturated carbocycles. The van der Waals surface area contributed by atoms with Gasteiger partial charge in [-0.2, -0.15) is 0 Å². The number of nitrogens with zero attached hydrogens (tertiary/aromatic N) is 6. The molecule has 0 spiro atoms. The zero-order valence-corrected chi connectivity index (χ0v) is 38.3. The van der Waals surface area contributed by atoms with Gasteiger partial charge in [-0.05, 0) is 112 Å². The number of rotatable bonds is 14. The summed E-state index contributed by atoms with van der Waals surface area (Å²) in [4.78, 5) is 55.7. The first kappa shape index (κ1) is 45.5. The van der Waals surface area contributed by atoms with E-state index in [9.17, 15) is 14.4 Å². The van der Waals surface area contributed by atoms with Gasteiger partial charge in [0.15, 0.2) is 5.78 Å². The molecule has 344 valence electrons. The number of ether oxygens (including phenoxy) is 1. The van der Waals surface area contributed by atoms with Crippen LogP contribution in [0.2, 0.25) is 0 Å². The Labute approximate surface area is 382 Å². The number of piperazine rings is 1. The van der Waals surface area contributed by atoms with Crippen LogP contribution in [0.3, 0.4) is 0 Å². The molecule has 1 aromatic carbocycles. The van der Waals surface area contributed by atoms with Crippen LogP contribution in [-0.4, -0.2) is 105 Å². The Bertz CT molecular complexity index is 2360. The molecule has 0 bridgehead atoms. The molecule has 4 fully saturated rings. The number of amides is 2. The molecule has 13 nitrogen and oxygen atoms in total. The number of nitrogens with one attached hydrogen (secondary N) is 3. The van der Waals surface area contributed by atoms with Crippen molar-refractivity contribution in [2.75, 3.05) is 97.4 Å². The van der Waals surface area contributed by atoms with Crippen molar-refractivity contribution >= 4 is 51.7 Å². The summed E-state index contributed by atoms with van der Waals surface area (Å²) in [5.41, 5.74) is 9.77. The van der Waals surface area contributed by atoms with Gasteiger partial charge in [0, 0.05) is 101 Å². The molecule has 3 N–H and O–H groups in total. The van der Waals surface area contributed by atoms with Crippen LogP contribution in [0.5, 0.6) is 5.88 Å². The second kappa shape index (κ2) is 20.4. The van der Waals surface area contributed by atoms with Crippen LogP contribution < -0.4 is 35.4 Å². The molecule has 0 radical (unpaired) electrons. The molecular formula is C51H64FN9O4. The van der Waals surface area contributed by atoms with Gasteiger partial charge in [0.05, 0.1) is 29.5 Å². The Morgan fingerprint density at radius 2 is 1.74 bits per heavy atom. The number of benzene rings is 1. The molecule has 1 unspecified atom stereocenters. The summed E-state index contributed by atoms with van der Waals surface area (Å²) in [6, 6.07) is 7.34. The third-order valence-electron chi connectivity index (χ3n) is 13.8. The summed E-state index contributed by atoms with van der Waals surface area (Å²) in [5.74, 6) is 0.890. The number of aromatic nitrogens is 2. The zero-order valence-electron chi connectivity index (χ0n) is 38.3. The fourth-order valence-corrected chi connectivity index (χ4v) is 10.0. The highest BCUT2D eigenvalue weighted by Crippen LogP contribution is 2.37. The predicted molar refractivity (Wildman–Crippen MR) is 257 cm³/mol. The van der Waals surface area contributed by atoms with E-state index in [0.717, 1.165) is 106 Å². The van der Waals surface area contributed by atoms with Crippen LogP contribution in [-0.2, 0) is 9.59 Å². The monoisotopic (exact) mass is 886 g/mol. The van der Waals surface area contributed by atoms with Crippen molar-refractivity contribution < 1.29 is 23.5 Å². The van der Waals surface area contributed by atoms with Crippen LogP contribution in [0, 0.1) is 24.6 Å². The number of ketones is 1. The van der Waals surface area contributed by atoms with E-state index in [1.54, 1.807) is 6.07 Å².